The van der Waals surface area contributed by atoms with Crippen LogP contribution in [0.25, 0.3) is 0 Å². The van der Waals surface area contributed by atoms with Crippen LogP contribution in [0.1, 0.15) is 26.6 Å². The quantitative estimate of drug-likeness (QED) is 0.574. The molecule has 1 aromatic heterocycles. The summed E-state index contributed by atoms with van der Waals surface area (Å²) in [7, 11) is 1.61. The minimum absolute atomic E-state index is 0.0769. The number of ether oxygens (including phenoxy) is 1. The van der Waals surface area contributed by atoms with E-state index in [9.17, 15) is 9.18 Å². The van der Waals surface area contributed by atoms with Crippen LogP contribution in [0.2, 0.25) is 5.02 Å². The van der Waals surface area contributed by atoms with E-state index >= 15 is 0 Å². The van der Waals surface area contributed by atoms with Gasteiger partial charge in [0.2, 0.25) is 0 Å². The van der Waals surface area contributed by atoms with E-state index in [4.69, 9.17) is 16.3 Å². The molecule has 0 saturated heterocycles. The second-order valence-electron chi connectivity index (χ2n) is 6.04. The molecule has 27 heavy (non-hydrogen) atoms. The van der Waals surface area contributed by atoms with Crippen molar-refractivity contribution in [1.82, 2.24) is 9.88 Å². The predicted molar refractivity (Wildman–Crippen MR) is 105 cm³/mol. The van der Waals surface area contributed by atoms with Crippen LogP contribution >= 0.6 is 22.9 Å². The third-order valence-corrected chi connectivity index (χ3v) is 5.11. The van der Waals surface area contributed by atoms with Crippen molar-refractivity contribution < 1.29 is 13.9 Å². The van der Waals surface area contributed by atoms with Crippen molar-refractivity contribution in [2.45, 2.75) is 20.1 Å². The summed E-state index contributed by atoms with van der Waals surface area (Å²) in [6.07, 6.45) is 0. The number of aromatic nitrogens is 1. The number of halogens is 2. The Balaban J connectivity index is 1.69. The molecule has 0 N–H and O–H groups in total. The van der Waals surface area contributed by atoms with Crippen molar-refractivity contribution in [3.63, 3.8) is 0 Å². The summed E-state index contributed by atoms with van der Waals surface area (Å²) in [6.45, 7) is 2.35. The molecule has 3 rings (SSSR count). The third kappa shape index (κ3) is 4.84. The maximum atomic E-state index is 14.0. The summed E-state index contributed by atoms with van der Waals surface area (Å²) in [4.78, 5) is 18.5. The second-order valence-corrected chi connectivity index (χ2v) is 7.51. The predicted octanol–water partition coefficient (Wildman–Crippen LogP) is 5.10. The minimum Gasteiger partial charge on any atom is -0.487 e. The highest BCUT2D eigenvalue weighted by Crippen LogP contribution is 2.22. The highest BCUT2D eigenvalue weighted by molar-refractivity contribution is 7.09. The Morgan fingerprint density at radius 2 is 2.07 bits per heavy atom. The van der Waals surface area contributed by atoms with Gasteiger partial charge >= 0.3 is 0 Å². The summed E-state index contributed by atoms with van der Waals surface area (Å²) in [5.74, 6) is -0.106. The van der Waals surface area contributed by atoms with E-state index in [1.54, 1.807) is 48.7 Å². The van der Waals surface area contributed by atoms with E-state index in [0.29, 0.717) is 28.5 Å². The third-order valence-electron chi connectivity index (χ3n) is 3.94. The van der Waals surface area contributed by atoms with Crippen molar-refractivity contribution in [3.8, 4) is 5.75 Å². The van der Waals surface area contributed by atoms with Gasteiger partial charge in [0, 0.05) is 35.1 Å². The average molecular weight is 405 g/mol. The summed E-state index contributed by atoms with van der Waals surface area (Å²) in [5, 5.41) is 3.22. The molecule has 140 valence electrons. The molecular formula is C20H18ClFN2O2S. The summed E-state index contributed by atoms with van der Waals surface area (Å²) in [6, 6.07) is 11.4. The van der Waals surface area contributed by atoms with Crippen LogP contribution in [0, 0.1) is 12.7 Å². The van der Waals surface area contributed by atoms with Gasteiger partial charge < -0.3 is 9.64 Å². The maximum Gasteiger partial charge on any atom is 0.254 e. The normalized spacial score (nSPS) is 10.7. The van der Waals surface area contributed by atoms with Crippen LogP contribution in [-0.2, 0) is 13.2 Å². The number of carbonyl (C=O) groups is 1. The Morgan fingerprint density at radius 1 is 1.30 bits per heavy atom. The van der Waals surface area contributed by atoms with Gasteiger partial charge in [0.25, 0.3) is 5.91 Å². The monoisotopic (exact) mass is 404 g/mol. The van der Waals surface area contributed by atoms with Crippen LogP contribution < -0.4 is 4.74 Å². The highest BCUT2D eigenvalue weighted by atomic mass is 35.5. The molecule has 2 aromatic carbocycles. The lowest BCUT2D eigenvalue weighted by atomic mass is 10.1. The molecule has 0 unspecified atom stereocenters. The lowest BCUT2D eigenvalue weighted by molar-refractivity contribution is 0.0783. The summed E-state index contributed by atoms with van der Waals surface area (Å²) < 4.78 is 19.7. The lowest BCUT2D eigenvalue weighted by Gasteiger charge is -2.19. The molecule has 0 radical (unpaired) electrons. The van der Waals surface area contributed by atoms with Crippen molar-refractivity contribution in [2.24, 2.45) is 0 Å². The van der Waals surface area contributed by atoms with Gasteiger partial charge in [0.05, 0.1) is 10.7 Å². The number of amides is 1. The van der Waals surface area contributed by atoms with E-state index < -0.39 is 5.82 Å². The fourth-order valence-corrected chi connectivity index (χ4v) is 3.38. The Bertz CT molecular complexity index is 940. The van der Waals surface area contributed by atoms with Gasteiger partial charge in [-0.25, -0.2) is 9.37 Å². The minimum atomic E-state index is -0.433. The molecule has 0 bridgehead atoms. The van der Waals surface area contributed by atoms with E-state index in [1.807, 2.05) is 12.3 Å². The van der Waals surface area contributed by atoms with Gasteiger partial charge in [-0.3, -0.25) is 4.79 Å². The zero-order chi connectivity index (χ0) is 19.4. The van der Waals surface area contributed by atoms with Gasteiger partial charge in [-0.15, -0.1) is 11.3 Å². The molecule has 3 aromatic rings. The van der Waals surface area contributed by atoms with Crippen molar-refractivity contribution in [3.05, 3.63) is 80.5 Å². The topological polar surface area (TPSA) is 42.4 Å². The first kappa shape index (κ1) is 19.3. The van der Waals surface area contributed by atoms with E-state index in [-0.39, 0.29) is 12.5 Å². The first-order chi connectivity index (χ1) is 12.9. The van der Waals surface area contributed by atoms with Crippen LogP contribution in [0.4, 0.5) is 4.39 Å². The molecule has 0 spiro atoms. The summed E-state index contributed by atoms with van der Waals surface area (Å²) >= 11 is 7.61. The largest absolute Gasteiger partial charge is 0.487 e. The fourth-order valence-electron chi connectivity index (χ4n) is 2.56. The molecule has 1 amide bonds. The zero-order valence-corrected chi connectivity index (χ0v) is 16.5. The van der Waals surface area contributed by atoms with Gasteiger partial charge in [0.1, 0.15) is 18.2 Å². The van der Waals surface area contributed by atoms with Gasteiger partial charge in [-0.2, -0.15) is 0 Å². The standard InChI is InChI=1S/C20H18ClFN2O2S/c1-13-23-15(12-27-13)11-26-16-6-3-5-14(9-16)20(25)24(2)10-17-18(21)7-4-8-19(17)22/h3-9,12H,10-11H2,1-2H3. The molecule has 0 saturated carbocycles. The molecular weight excluding hydrogens is 387 g/mol. The zero-order valence-electron chi connectivity index (χ0n) is 14.9. The van der Waals surface area contributed by atoms with E-state index in [2.05, 4.69) is 4.98 Å². The molecule has 0 fully saturated rings. The first-order valence-corrected chi connectivity index (χ1v) is 9.52. The molecule has 0 aliphatic heterocycles. The molecule has 0 aliphatic carbocycles. The Labute approximate surface area is 166 Å². The number of aryl methyl sites for hydroxylation is 1. The van der Waals surface area contributed by atoms with Crippen molar-refractivity contribution in [1.29, 1.82) is 0 Å². The maximum absolute atomic E-state index is 14.0. The first-order valence-electron chi connectivity index (χ1n) is 8.26. The molecule has 0 aliphatic rings. The average Bonchev–Trinajstić information content (AvgIpc) is 3.08. The van der Waals surface area contributed by atoms with E-state index in [0.717, 1.165) is 10.7 Å². The number of thiazole rings is 1. The lowest BCUT2D eigenvalue weighted by Crippen LogP contribution is -2.26. The number of carbonyl (C=O) groups excluding carboxylic acids is 1. The van der Waals surface area contributed by atoms with E-state index in [1.165, 1.54) is 17.0 Å². The smallest absolute Gasteiger partial charge is 0.254 e. The SMILES string of the molecule is Cc1nc(COc2cccc(C(=O)N(C)Cc3c(F)cccc3Cl)c2)cs1. The van der Waals surface area contributed by atoms with Crippen LogP contribution in [0.5, 0.6) is 5.75 Å². The van der Waals surface area contributed by atoms with Gasteiger partial charge in [-0.05, 0) is 37.3 Å². The highest BCUT2D eigenvalue weighted by Gasteiger charge is 2.16. The Kier molecular flexibility index (Phi) is 6.08. The second kappa shape index (κ2) is 8.50. The Hall–Kier alpha value is -2.44. The molecule has 7 heteroatoms. The fraction of sp³-hybridized carbons (Fsp3) is 0.200. The van der Waals surface area contributed by atoms with Crippen LogP contribution in [-0.4, -0.2) is 22.8 Å². The molecule has 0 atom stereocenters. The Morgan fingerprint density at radius 3 is 2.78 bits per heavy atom. The van der Waals surface area contributed by atoms with Crippen molar-refractivity contribution >= 4 is 28.8 Å². The molecule has 1 heterocycles. The number of hydrogen-bond acceptors (Lipinski definition) is 4. The number of benzene rings is 2. The van der Waals surface area contributed by atoms with Crippen molar-refractivity contribution in [2.75, 3.05) is 7.05 Å². The van der Waals surface area contributed by atoms with Gasteiger partial charge in [-0.1, -0.05) is 23.7 Å². The number of hydrogen-bond donors (Lipinski definition) is 0. The number of rotatable bonds is 6. The van der Waals surface area contributed by atoms with Gasteiger partial charge in [0.15, 0.2) is 0 Å². The summed E-state index contributed by atoms with van der Waals surface area (Å²) in [5.41, 5.74) is 1.60. The number of nitrogens with zero attached hydrogens (tertiary/aromatic N) is 2. The van der Waals surface area contributed by atoms with Crippen LogP contribution in [0.3, 0.4) is 0 Å². The molecule has 4 nitrogen and oxygen atoms in total. The van der Waals surface area contributed by atoms with Crippen LogP contribution in [0.15, 0.2) is 47.8 Å².